The van der Waals surface area contributed by atoms with Crippen LogP contribution in [0.15, 0.2) is 83.3 Å². The smallest absolute Gasteiger partial charge is 0.248 e. The summed E-state index contributed by atoms with van der Waals surface area (Å²) in [7, 11) is 0. The van der Waals surface area contributed by atoms with Crippen LogP contribution in [0.2, 0.25) is 10.0 Å². The number of nitrogens with one attached hydrogen (secondary N) is 1. The summed E-state index contributed by atoms with van der Waals surface area (Å²) in [5.41, 5.74) is 3.20. The van der Waals surface area contributed by atoms with E-state index in [1.165, 1.54) is 6.08 Å². The lowest BCUT2D eigenvalue weighted by molar-refractivity contribution is -0.111. The van der Waals surface area contributed by atoms with Gasteiger partial charge in [0.1, 0.15) is 16.5 Å². The molecule has 0 atom stereocenters. The van der Waals surface area contributed by atoms with E-state index in [1.807, 2.05) is 48.5 Å². The number of hydrogen-bond acceptors (Lipinski definition) is 4. The number of rotatable bonds is 5. The predicted molar refractivity (Wildman–Crippen MR) is 150 cm³/mol. The van der Waals surface area contributed by atoms with Crippen LogP contribution in [-0.4, -0.2) is 10.9 Å². The quantitative estimate of drug-likeness (QED) is 0.159. The second-order valence-electron chi connectivity index (χ2n) is 7.30. The lowest BCUT2D eigenvalue weighted by Crippen LogP contribution is -2.08. The fraction of sp³-hybridized carbons (Fsp3) is 0. The SMILES string of the molecule is O=C(C=Cc1ccc(-c2cccc(Cl)c2Cl)o1)Nc1ccc(I)cc1-c1nc2ccccc2s1. The minimum Gasteiger partial charge on any atom is -0.457 e. The van der Waals surface area contributed by atoms with Gasteiger partial charge in [0, 0.05) is 20.8 Å². The highest BCUT2D eigenvalue weighted by Crippen LogP contribution is 2.36. The molecule has 0 aliphatic heterocycles. The maximum absolute atomic E-state index is 12.7. The summed E-state index contributed by atoms with van der Waals surface area (Å²) in [6, 6.07) is 22.8. The molecule has 0 saturated heterocycles. The fourth-order valence-electron chi connectivity index (χ4n) is 3.40. The molecule has 4 nitrogen and oxygen atoms in total. The molecule has 168 valence electrons. The third-order valence-electron chi connectivity index (χ3n) is 5.01. The molecule has 0 radical (unpaired) electrons. The average Bonchev–Trinajstić information content (AvgIpc) is 3.48. The van der Waals surface area contributed by atoms with Crippen LogP contribution in [0.25, 0.3) is 38.2 Å². The highest BCUT2D eigenvalue weighted by atomic mass is 127. The van der Waals surface area contributed by atoms with Crippen molar-refractivity contribution in [2.45, 2.75) is 0 Å². The van der Waals surface area contributed by atoms with Crippen LogP contribution in [0.5, 0.6) is 0 Å². The summed E-state index contributed by atoms with van der Waals surface area (Å²) in [5.74, 6) is 0.820. The molecule has 0 aliphatic rings. The second-order valence-corrected chi connectivity index (χ2v) is 10.4. The standard InChI is InChI=1S/C26H15Cl2IN2O2S/c27-19-5-3-4-17(25(19)28)22-12-9-16(33-22)10-13-24(32)30-20-11-8-15(29)14-18(20)26-31-21-6-1-2-7-23(21)34-26/h1-14H,(H,30,32). The molecular formula is C26H15Cl2IN2O2S. The number of nitrogens with zero attached hydrogens (tertiary/aromatic N) is 1. The van der Waals surface area contributed by atoms with E-state index < -0.39 is 0 Å². The van der Waals surface area contributed by atoms with Gasteiger partial charge in [0.05, 0.1) is 25.9 Å². The van der Waals surface area contributed by atoms with Crippen molar-refractivity contribution in [1.29, 1.82) is 0 Å². The third kappa shape index (κ3) is 4.90. The van der Waals surface area contributed by atoms with E-state index in [-0.39, 0.29) is 5.91 Å². The van der Waals surface area contributed by atoms with Gasteiger partial charge in [-0.15, -0.1) is 11.3 Å². The van der Waals surface area contributed by atoms with Crippen LogP contribution in [0, 0.1) is 3.57 Å². The number of anilines is 1. The number of furan rings is 1. The van der Waals surface area contributed by atoms with E-state index >= 15 is 0 Å². The summed E-state index contributed by atoms with van der Waals surface area (Å²) < 4.78 is 7.99. The van der Waals surface area contributed by atoms with Crippen LogP contribution in [0.3, 0.4) is 0 Å². The first-order chi connectivity index (χ1) is 16.5. The lowest BCUT2D eigenvalue weighted by Gasteiger charge is -2.08. The van der Waals surface area contributed by atoms with Gasteiger partial charge in [-0.05, 0) is 83.3 Å². The van der Waals surface area contributed by atoms with Gasteiger partial charge in [-0.3, -0.25) is 4.79 Å². The van der Waals surface area contributed by atoms with Gasteiger partial charge in [0.25, 0.3) is 0 Å². The van der Waals surface area contributed by atoms with Crippen molar-refractivity contribution in [2.75, 3.05) is 5.32 Å². The number of halogens is 3. The number of hydrogen-bond donors (Lipinski definition) is 1. The van der Waals surface area contributed by atoms with Gasteiger partial charge in [-0.2, -0.15) is 0 Å². The van der Waals surface area contributed by atoms with Gasteiger partial charge in [-0.25, -0.2) is 4.98 Å². The molecule has 8 heteroatoms. The molecule has 0 spiro atoms. The van der Waals surface area contributed by atoms with Gasteiger partial charge >= 0.3 is 0 Å². The number of carbonyl (C=O) groups excluding carboxylic acids is 1. The summed E-state index contributed by atoms with van der Waals surface area (Å²) in [6.07, 6.45) is 3.05. The van der Waals surface area contributed by atoms with Crippen LogP contribution in [0.1, 0.15) is 5.76 Å². The lowest BCUT2D eigenvalue weighted by atomic mass is 10.2. The molecule has 0 unspecified atom stereocenters. The van der Waals surface area contributed by atoms with Crippen LogP contribution in [0.4, 0.5) is 5.69 Å². The van der Waals surface area contributed by atoms with Gasteiger partial charge in [-0.1, -0.05) is 41.4 Å². The molecule has 3 aromatic carbocycles. The zero-order valence-electron chi connectivity index (χ0n) is 17.4. The van der Waals surface area contributed by atoms with Crippen molar-refractivity contribution in [3.63, 3.8) is 0 Å². The number of thiazole rings is 1. The molecule has 0 saturated carbocycles. The summed E-state index contributed by atoms with van der Waals surface area (Å²) >= 11 is 16.2. The van der Waals surface area contributed by atoms with Crippen molar-refractivity contribution < 1.29 is 9.21 Å². The first-order valence-corrected chi connectivity index (χ1v) is 12.8. The third-order valence-corrected chi connectivity index (χ3v) is 7.57. The maximum Gasteiger partial charge on any atom is 0.248 e. The number of carbonyl (C=O) groups is 1. The van der Waals surface area contributed by atoms with Crippen molar-refractivity contribution >= 4 is 85.0 Å². The van der Waals surface area contributed by atoms with E-state index in [4.69, 9.17) is 32.6 Å². The van der Waals surface area contributed by atoms with Crippen LogP contribution < -0.4 is 5.32 Å². The highest BCUT2D eigenvalue weighted by Gasteiger charge is 2.13. The van der Waals surface area contributed by atoms with Crippen molar-refractivity contribution in [2.24, 2.45) is 0 Å². The normalized spacial score (nSPS) is 11.4. The minimum absolute atomic E-state index is 0.276. The Balaban J connectivity index is 1.36. The highest BCUT2D eigenvalue weighted by molar-refractivity contribution is 14.1. The Bertz CT molecular complexity index is 1520. The van der Waals surface area contributed by atoms with Crippen molar-refractivity contribution in [3.8, 4) is 21.9 Å². The number of benzene rings is 3. The Labute approximate surface area is 223 Å². The molecule has 0 fully saturated rings. The Kier molecular flexibility index (Phi) is 6.74. The predicted octanol–water partition coefficient (Wildman–Crippen LogP) is 8.79. The molecule has 1 amide bonds. The molecule has 5 aromatic rings. The van der Waals surface area contributed by atoms with E-state index in [2.05, 4.69) is 27.9 Å². The van der Waals surface area contributed by atoms with Gasteiger partial charge in [0.15, 0.2) is 0 Å². The molecule has 0 aliphatic carbocycles. The van der Waals surface area contributed by atoms with E-state index in [0.29, 0.717) is 32.8 Å². The topological polar surface area (TPSA) is 55.1 Å². The monoisotopic (exact) mass is 616 g/mol. The summed E-state index contributed by atoms with van der Waals surface area (Å²) in [4.78, 5) is 17.4. The zero-order chi connectivity index (χ0) is 23.7. The molecule has 5 rings (SSSR count). The van der Waals surface area contributed by atoms with Gasteiger partial charge in [0.2, 0.25) is 5.91 Å². The Morgan fingerprint density at radius 1 is 1.00 bits per heavy atom. The number of para-hydroxylation sites is 1. The van der Waals surface area contributed by atoms with E-state index in [9.17, 15) is 4.79 Å². The van der Waals surface area contributed by atoms with Crippen molar-refractivity contribution in [1.82, 2.24) is 4.98 Å². The van der Waals surface area contributed by atoms with E-state index in [0.717, 1.165) is 24.4 Å². The fourth-order valence-corrected chi connectivity index (χ4v) is 5.28. The summed E-state index contributed by atoms with van der Waals surface area (Å²) in [5, 5.41) is 4.69. The Hall–Kier alpha value is -2.65. The molecule has 2 aromatic heterocycles. The molecule has 2 heterocycles. The zero-order valence-corrected chi connectivity index (χ0v) is 21.9. The second kappa shape index (κ2) is 9.92. The largest absolute Gasteiger partial charge is 0.457 e. The summed E-state index contributed by atoms with van der Waals surface area (Å²) in [6.45, 7) is 0. The Morgan fingerprint density at radius 3 is 2.71 bits per heavy atom. The van der Waals surface area contributed by atoms with Gasteiger partial charge < -0.3 is 9.73 Å². The molecular weight excluding hydrogens is 602 g/mol. The molecule has 1 N–H and O–H groups in total. The first kappa shape index (κ1) is 23.1. The number of fused-ring (bicyclic) bond motifs is 1. The molecule has 34 heavy (non-hydrogen) atoms. The Morgan fingerprint density at radius 2 is 1.85 bits per heavy atom. The number of aromatic nitrogens is 1. The molecule has 0 bridgehead atoms. The maximum atomic E-state index is 12.7. The average molecular weight is 617 g/mol. The minimum atomic E-state index is -0.276. The number of amides is 1. The van der Waals surface area contributed by atoms with E-state index in [1.54, 1.807) is 41.7 Å². The first-order valence-electron chi connectivity index (χ1n) is 10.2. The van der Waals surface area contributed by atoms with Crippen LogP contribution in [-0.2, 0) is 4.79 Å². The van der Waals surface area contributed by atoms with Crippen molar-refractivity contribution in [3.05, 3.63) is 98.2 Å². The van der Waals surface area contributed by atoms with Crippen LogP contribution >= 0.6 is 57.1 Å².